The van der Waals surface area contributed by atoms with Crippen molar-refractivity contribution < 1.29 is 57.4 Å². The number of carbonyl (C=O) groups excluding carboxylic acids is 9. The van der Waals surface area contributed by atoms with Gasteiger partial charge in [-0.1, -0.05) is 67.2 Å². The van der Waals surface area contributed by atoms with Gasteiger partial charge in [0.2, 0.25) is 17.7 Å². The van der Waals surface area contributed by atoms with Gasteiger partial charge >= 0.3 is 18.3 Å². The second-order valence-corrected chi connectivity index (χ2v) is 17.6. The third-order valence-corrected chi connectivity index (χ3v) is 10.1. The molecule has 0 aromatic carbocycles. The largest absolute Gasteiger partial charge is 0.453 e. The lowest BCUT2D eigenvalue weighted by Crippen LogP contribution is -2.29. The minimum Gasteiger partial charge on any atom is -0.453 e. The quantitative estimate of drug-likeness (QED) is 0.0480. The second-order valence-electron chi connectivity index (χ2n) is 17.6. The number of methoxy groups -OCH3 is 3. The van der Waals surface area contributed by atoms with E-state index in [1.54, 1.807) is 0 Å². The lowest BCUT2D eigenvalue weighted by molar-refractivity contribution is -0.120. The van der Waals surface area contributed by atoms with Crippen molar-refractivity contribution in [2.45, 2.75) is 205 Å². The molecule has 20 heteroatoms. The van der Waals surface area contributed by atoms with E-state index < -0.39 is 0 Å². The van der Waals surface area contributed by atoms with Crippen molar-refractivity contribution in [2.24, 2.45) is 0 Å². The lowest BCUT2D eigenvalue weighted by atomic mass is 10.2. The number of carbonyl (C=O) groups is 9. The van der Waals surface area contributed by atoms with Crippen molar-refractivity contribution in [1.82, 2.24) is 41.7 Å². The zero-order valence-corrected chi connectivity index (χ0v) is 49.9. The molecule has 3 aliphatic rings. The first-order valence-corrected chi connectivity index (χ1v) is 28.0. The number of ketones is 3. The van der Waals surface area contributed by atoms with Crippen molar-refractivity contribution in [1.29, 1.82) is 0 Å². The highest BCUT2D eigenvalue weighted by atomic mass is 16.5. The number of hydrogen-bond acceptors (Lipinski definition) is 14. The van der Waals surface area contributed by atoms with E-state index in [9.17, 15) is 43.2 Å². The molecule has 0 aromatic rings. The Kier molecular flexibility index (Phi) is 73.0. The van der Waals surface area contributed by atoms with Gasteiger partial charge in [0.25, 0.3) is 0 Å². The zero-order valence-electron chi connectivity index (χ0n) is 49.9. The highest BCUT2D eigenvalue weighted by molar-refractivity contribution is 5.81. The molecule has 0 spiro atoms. The van der Waals surface area contributed by atoms with E-state index in [0.717, 1.165) is 136 Å². The van der Waals surface area contributed by atoms with Crippen molar-refractivity contribution in [3.05, 3.63) is 0 Å². The van der Waals surface area contributed by atoms with E-state index in [0.29, 0.717) is 50.1 Å². The molecule has 0 unspecified atom stereocenters. The maximum Gasteiger partial charge on any atom is 0.406 e. The summed E-state index contributed by atoms with van der Waals surface area (Å²) in [4.78, 5) is 98.4. The van der Waals surface area contributed by atoms with Gasteiger partial charge in [-0.05, 0) is 117 Å². The molecule has 444 valence electrons. The Morgan fingerprint density at radius 1 is 0.387 bits per heavy atom. The van der Waals surface area contributed by atoms with Gasteiger partial charge in [-0.25, -0.2) is 14.4 Å². The van der Waals surface area contributed by atoms with Gasteiger partial charge in [0.1, 0.15) is 17.3 Å². The van der Waals surface area contributed by atoms with Crippen molar-refractivity contribution in [2.75, 3.05) is 99.9 Å². The number of alkyl carbamates (subject to hydrolysis) is 3. The van der Waals surface area contributed by atoms with E-state index in [4.69, 9.17) is 0 Å². The molecule has 0 atom stereocenters. The third-order valence-electron chi connectivity index (χ3n) is 10.1. The Morgan fingerprint density at radius 3 is 1.04 bits per heavy atom. The van der Waals surface area contributed by atoms with Gasteiger partial charge in [-0.3, -0.25) is 38.6 Å². The molecule has 1 saturated carbocycles. The molecule has 6 amide bonds. The van der Waals surface area contributed by atoms with Crippen molar-refractivity contribution in [3.8, 4) is 0 Å². The van der Waals surface area contributed by atoms with Gasteiger partial charge in [0.05, 0.1) is 34.4 Å². The Balaban J connectivity index is -0.000000180. The first kappa shape index (κ1) is 81.5. The van der Waals surface area contributed by atoms with Crippen LogP contribution in [0.3, 0.4) is 0 Å². The first-order valence-electron chi connectivity index (χ1n) is 28.0. The summed E-state index contributed by atoms with van der Waals surface area (Å²) in [5.41, 5.74) is 0. The molecule has 0 radical (unpaired) electrons. The summed E-state index contributed by atoms with van der Waals surface area (Å²) in [7, 11) is 4.05. The standard InChI is InChI=1S/C10H19NO.C9H17NO.C7H12O.C6H13NO2.C5H11NO2.2C5H11NO.C4H9NO2.C4H9NO/c1-2-3-7-11-8-5-4-6-10(12)9-11;1-2-6-10-7-4-3-5-9(11)8-10;8-7-5-3-1-2-4-6-7;1-3-4-5-7-6(8)9-2;1-3-4-6-5(7)8-2;2*1-3-4-6-5(2)7;1-3-5-4(6)7-2;1-3-5-4(2)6/h2-9H2,1H3;2-8H2,1H3;1-6H2;3-5H2,1-2H3,(H,7,8);3-4H2,1-2H3,(H,6,7);2*3-4H2,1-2H3,(H,6,7);3H2,1-2H3,(H,5,6);3H2,1-2H3,(H,5,6). The average molecular weight is 1080 g/mol. The number of unbranched alkanes of at least 4 members (excludes halogenated alkanes) is 2. The van der Waals surface area contributed by atoms with Crippen LogP contribution < -0.4 is 31.9 Å². The van der Waals surface area contributed by atoms with Crippen LogP contribution in [0.1, 0.15) is 205 Å². The highest BCUT2D eigenvalue weighted by Gasteiger charge is 2.14. The van der Waals surface area contributed by atoms with Crippen LogP contribution in [0.2, 0.25) is 0 Å². The monoisotopic (exact) mass is 1080 g/mol. The molecule has 1 aliphatic carbocycles. The fraction of sp³-hybridized carbons (Fsp3) is 0.836. The van der Waals surface area contributed by atoms with Crippen LogP contribution in [0, 0.1) is 0 Å². The predicted molar refractivity (Wildman–Crippen MR) is 303 cm³/mol. The SMILES string of the molecule is CCCCN1CCCCC(=O)C1.CCCCNC(=O)OC.CCCN1CCCCC(=O)C1.CCCNC(=O)OC.CCCNC(C)=O.CCCNC(C)=O.CCNC(=O)OC.CCNC(C)=O.O=C1CCCCCC1. The first-order chi connectivity index (χ1) is 35.8. The number of rotatable bonds is 16. The summed E-state index contributed by atoms with van der Waals surface area (Å²) in [5.74, 6) is 1.49. The molecule has 2 saturated heterocycles. The van der Waals surface area contributed by atoms with Crippen LogP contribution in [0.5, 0.6) is 0 Å². The van der Waals surface area contributed by atoms with Crippen LogP contribution in [0.15, 0.2) is 0 Å². The number of Topliss-reactive ketones (excluding diaryl/α,β-unsaturated/α-hetero) is 3. The summed E-state index contributed by atoms with van der Waals surface area (Å²) >= 11 is 0. The molecule has 2 aliphatic heterocycles. The van der Waals surface area contributed by atoms with Gasteiger partial charge in [0.15, 0.2) is 0 Å². The molecule has 6 N–H and O–H groups in total. The van der Waals surface area contributed by atoms with Crippen LogP contribution in [0.25, 0.3) is 0 Å². The third kappa shape index (κ3) is 80.7. The fourth-order valence-corrected chi connectivity index (χ4v) is 6.14. The summed E-state index contributed by atoms with van der Waals surface area (Å²) in [6, 6.07) is 0. The highest BCUT2D eigenvalue weighted by Crippen LogP contribution is 2.13. The number of nitrogens with zero attached hydrogens (tertiary/aromatic N) is 2. The van der Waals surface area contributed by atoms with E-state index in [1.165, 1.54) is 80.6 Å². The van der Waals surface area contributed by atoms with Crippen molar-refractivity contribution >= 4 is 53.4 Å². The number of ether oxygens (including phenoxy) is 3. The summed E-state index contributed by atoms with van der Waals surface area (Å²) in [5, 5.41) is 15.4. The van der Waals surface area contributed by atoms with Crippen LogP contribution >= 0.6 is 0 Å². The minimum absolute atomic E-state index is 0.0394. The van der Waals surface area contributed by atoms with Crippen molar-refractivity contribution in [3.63, 3.8) is 0 Å². The fourth-order valence-electron chi connectivity index (χ4n) is 6.14. The number of likely N-dealkylation sites (tertiary alicyclic amines) is 2. The topological polar surface area (TPSA) is 260 Å². The lowest BCUT2D eigenvalue weighted by Gasteiger charge is -2.17. The smallest absolute Gasteiger partial charge is 0.406 e. The Labute approximate surface area is 455 Å². The molecule has 3 rings (SSSR count). The summed E-state index contributed by atoms with van der Waals surface area (Å²) in [6.45, 7) is 30.9. The molecular weight excluding hydrogens is 965 g/mol. The molecular formula is C55H112N8O12. The summed E-state index contributed by atoms with van der Waals surface area (Å²) in [6.07, 6.45) is 20.3. The molecule has 0 aromatic heterocycles. The van der Waals surface area contributed by atoms with Crippen LogP contribution in [-0.4, -0.2) is 163 Å². The van der Waals surface area contributed by atoms with Gasteiger partial charge < -0.3 is 46.1 Å². The average Bonchev–Trinajstić information content (AvgIpc) is 3.86. The van der Waals surface area contributed by atoms with Crippen LogP contribution in [-0.2, 0) is 43.0 Å². The number of amides is 6. The minimum atomic E-state index is -0.373. The van der Waals surface area contributed by atoms with Gasteiger partial charge in [-0.2, -0.15) is 0 Å². The molecule has 20 nitrogen and oxygen atoms in total. The molecule has 75 heavy (non-hydrogen) atoms. The summed E-state index contributed by atoms with van der Waals surface area (Å²) < 4.78 is 12.9. The van der Waals surface area contributed by atoms with Crippen LogP contribution in [0.4, 0.5) is 14.4 Å². The Hall–Kier alpha value is -4.85. The maximum atomic E-state index is 11.2. The molecule has 3 fully saturated rings. The zero-order chi connectivity index (χ0) is 58.3. The molecule has 2 heterocycles. The Morgan fingerprint density at radius 2 is 0.733 bits per heavy atom. The number of hydrogen-bond donors (Lipinski definition) is 6. The van der Waals surface area contributed by atoms with E-state index >= 15 is 0 Å². The molecule has 0 bridgehead atoms. The second kappa shape index (κ2) is 67.2. The van der Waals surface area contributed by atoms with Gasteiger partial charge in [-0.15, -0.1) is 0 Å². The maximum absolute atomic E-state index is 11.2. The number of nitrogens with one attached hydrogen (secondary N) is 6. The normalized spacial score (nSPS) is 13.8. The van der Waals surface area contributed by atoms with E-state index in [-0.39, 0.29) is 36.0 Å². The van der Waals surface area contributed by atoms with E-state index in [1.807, 2.05) is 34.6 Å². The van der Waals surface area contributed by atoms with Gasteiger partial charge in [0, 0.05) is 85.7 Å². The van der Waals surface area contributed by atoms with E-state index in [2.05, 4.69) is 76.7 Å². The Bertz CT molecular complexity index is 1360. The predicted octanol–water partition coefficient (Wildman–Crippen LogP) is 8.67.